The number of aldehydes is 1. The maximum absolute atomic E-state index is 12.1. The van der Waals surface area contributed by atoms with E-state index in [0.29, 0.717) is 33.3 Å². The monoisotopic (exact) mass is 405 g/mol. The molecule has 0 aromatic heterocycles. The molecule has 0 unspecified atom stereocenters. The number of nitrogens with one attached hydrogen (secondary N) is 1. The lowest BCUT2D eigenvalue weighted by Crippen LogP contribution is -2.21. The Hall–Kier alpha value is -2.67. The number of anilines is 1. The number of carbonyl (C=O) groups excluding carboxylic acids is 3. The summed E-state index contributed by atoms with van der Waals surface area (Å²) in [4.78, 5) is 34.7. The van der Waals surface area contributed by atoms with E-state index in [0.717, 1.165) is 0 Å². The number of amides is 1. The summed E-state index contributed by atoms with van der Waals surface area (Å²) < 4.78 is 11.2. The van der Waals surface area contributed by atoms with Gasteiger partial charge in [-0.15, -0.1) is 0 Å². The lowest BCUT2D eigenvalue weighted by molar-refractivity contribution is -0.118. The van der Waals surface area contributed by atoms with E-state index in [-0.39, 0.29) is 18.1 Å². The minimum atomic E-state index is -0.439. The van der Waals surface area contributed by atoms with Crippen molar-refractivity contribution in [1.29, 1.82) is 0 Å². The fourth-order valence-corrected chi connectivity index (χ4v) is 2.56. The molecule has 25 heavy (non-hydrogen) atoms. The lowest BCUT2D eigenvalue weighted by atomic mass is 10.1. The molecule has 1 N–H and O–H groups in total. The molecular weight excluding hydrogens is 390 g/mol. The molecule has 0 heterocycles. The van der Waals surface area contributed by atoms with Crippen molar-refractivity contribution < 1.29 is 23.9 Å². The molecule has 0 atom stereocenters. The molecule has 0 saturated carbocycles. The third-order valence-corrected chi connectivity index (χ3v) is 4.04. The molecule has 1 amide bonds. The van der Waals surface area contributed by atoms with Gasteiger partial charge in [0.2, 0.25) is 0 Å². The molecule has 0 aliphatic carbocycles. The van der Waals surface area contributed by atoms with E-state index < -0.39 is 5.91 Å². The average molecular weight is 406 g/mol. The largest absolute Gasteiger partial charge is 0.493 e. The van der Waals surface area contributed by atoms with Crippen molar-refractivity contribution in [1.82, 2.24) is 0 Å². The molecule has 6 nitrogen and oxygen atoms in total. The first-order valence-corrected chi connectivity index (χ1v) is 8.11. The van der Waals surface area contributed by atoms with Gasteiger partial charge in [-0.2, -0.15) is 0 Å². The van der Waals surface area contributed by atoms with Crippen LogP contribution in [0.1, 0.15) is 27.6 Å². The normalized spacial score (nSPS) is 10.0. The average Bonchev–Trinajstić information content (AvgIpc) is 2.60. The SMILES string of the molecule is COc1cc(Br)c(C=O)cc1OCC(=O)Nc1ccccc1C(C)=O. The second kappa shape index (κ2) is 8.43. The highest BCUT2D eigenvalue weighted by atomic mass is 79.9. The van der Waals surface area contributed by atoms with E-state index in [1.807, 2.05) is 0 Å². The first-order valence-electron chi connectivity index (χ1n) is 7.31. The van der Waals surface area contributed by atoms with Crippen LogP contribution in [0.3, 0.4) is 0 Å². The van der Waals surface area contributed by atoms with Gasteiger partial charge in [0, 0.05) is 15.6 Å². The van der Waals surface area contributed by atoms with Crippen LogP contribution >= 0.6 is 15.9 Å². The highest BCUT2D eigenvalue weighted by Crippen LogP contribution is 2.32. The van der Waals surface area contributed by atoms with Crippen molar-refractivity contribution in [2.24, 2.45) is 0 Å². The molecule has 0 fully saturated rings. The summed E-state index contributed by atoms with van der Waals surface area (Å²) in [6.45, 7) is 1.12. The van der Waals surface area contributed by atoms with Crippen LogP contribution in [0.15, 0.2) is 40.9 Å². The summed E-state index contributed by atoms with van der Waals surface area (Å²) in [5.41, 5.74) is 1.21. The lowest BCUT2D eigenvalue weighted by Gasteiger charge is -2.13. The van der Waals surface area contributed by atoms with E-state index in [1.165, 1.54) is 20.1 Å². The molecule has 0 spiro atoms. The highest BCUT2D eigenvalue weighted by Gasteiger charge is 2.13. The zero-order valence-electron chi connectivity index (χ0n) is 13.7. The Morgan fingerprint density at radius 3 is 2.56 bits per heavy atom. The fourth-order valence-electron chi connectivity index (χ4n) is 2.14. The Bertz CT molecular complexity index is 819. The van der Waals surface area contributed by atoms with Gasteiger partial charge in [0.15, 0.2) is 30.2 Å². The van der Waals surface area contributed by atoms with Gasteiger partial charge < -0.3 is 14.8 Å². The van der Waals surface area contributed by atoms with Crippen molar-refractivity contribution in [3.05, 3.63) is 52.0 Å². The maximum atomic E-state index is 12.1. The second-order valence-electron chi connectivity index (χ2n) is 5.08. The molecule has 7 heteroatoms. The number of ether oxygens (including phenoxy) is 2. The molecule has 2 aromatic carbocycles. The zero-order chi connectivity index (χ0) is 18.4. The van der Waals surface area contributed by atoms with Crippen molar-refractivity contribution in [2.45, 2.75) is 6.92 Å². The first-order chi connectivity index (χ1) is 12.0. The molecule has 0 radical (unpaired) electrons. The van der Waals surface area contributed by atoms with Crippen LogP contribution in [0, 0.1) is 0 Å². The predicted molar refractivity (Wildman–Crippen MR) is 96.7 cm³/mol. The summed E-state index contributed by atoms with van der Waals surface area (Å²) in [6.07, 6.45) is 0.666. The van der Waals surface area contributed by atoms with Gasteiger partial charge in [0.1, 0.15) is 0 Å². The van der Waals surface area contributed by atoms with Gasteiger partial charge >= 0.3 is 0 Å². The van der Waals surface area contributed by atoms with E-state index in [1.54, 1.807) is 30.3 Å². The molecule has 130 valence electrons. The third kappa shape index (κ3) is 4.67. The van der Waals surface area contributed by atoms with Crippen LogP contribution in [-0.4, -0.2) is 31.7 Å². The smallest absolute Gasteiger partial charge is 0.262 e. The summed E-state index contributed by atoms with van der Waals surface area (Å²) in [7, 11) is 1.46. The third-order valence-electron chi connectivity index (χ3n) is 3.35. The van der Waals surface area contributed by atoms with Crippen LogP contribution in [0.2, 0.25) is 0 Å². The summed E-state index contributed by atoms with van der Waals surface area (Å²) in [5, 5.41) is 2.64. The van der Waals surface area contributed by atoms with Gasteiger partial charge in [0.25, 0.3) is 5.91 Å². The Balaban J connectivity index is 2.10. The second-order valence-corrected chi connectivity index (χ2v) is 5.94. The number of halogens is 1. The van der Waals surface area contributed by atoms with Crippen molar-refractivity contribution in [2.75, 3.05) is 19.0 Å². The number of ketones is 1. The number of Topliss-reactive ketones (excluding diaryl/α,β-unsaturated/α-hetero) is 1. The minimum absolute atomic E-state index is 0.151. The molecule has 0 bridgehead atoms. The number of carbonyl (C=O) groups is 3. The maximum Gasteiger partial charge on any atom is 0.262 e. The minimum Gasteiger partial charge on any atom is -0.493 e. The van der Waals surface area contributed by atoms with E-state index in [4.69, 9.17) is 9.47 Å². The Kier molecular flexibility index (Phi) is 6.30. The summed E-state index contributed by atoms with van der Waals surface area (Å²) in [6, 6.07) is 9.77. The number of para-hydroxylation sites is 1. The molecule has 2 aromatic rings. The fraction of sp³-hybridized carbons (Fsp3) is 0.167. The van der Waals surface area contributed by atoms with Crippen molar-refractivity contribution in [3.8, 4) is 11.5 Å². The van der Waals surface area contributed by atoms with E-state index in [2.05, 4.69) is 21.2 Å². The Morgan fingerprint density at radius 1 is 1.20 bits per heavy atom. The van der Waals surface area contributed by atoms with Crippen LogP contribution in [0.25, 0.3) is 0 Å². The Morgan fingerprint density at radius 2 is 1.92 bits per heavy atom. The van der Waals surface area contributed by atoms with E-state index in [9.17, 15) is 14.4 Å². The van der Waals surface area contributed by atoms with Crippen LogP contribution in [0.5, 0.6) is 11.5 Å². The van der Waals surface area contributed by atoms with Crippen molar-refractivity contribution in [3.63, 3.8) is 0 Å². The molecule has 2 rings (SSSR count). The molecule has 0 saturated heterocycles. The molecule has 0 aliphatic rings. The number of benzene rings is 2. The number of hydrogen-bond acceptors (Lipinski definition) is 5. The summed E-state index contributed by atoms with van der Waals surface area (Å²) >= 11 is 3.25. The summed E-state index contributed by atoms with van der Waals surface area (Å²) in [5.74, 6) is 0.0607. The van der Waals surface area contributed by atoms with Gasteiger partial charge in [0.05, 0.1) is 12.8 Å². The van der Waals surface area contributed by atoms with Gasteiger partial charge in [-0.1, -0.05) is 12.1 Å². The van der Waals surface area contributed by atoms with Crippen molar-refractivity contribution >= 4 is 39.6 Å². The van der Waals surface area contributed by atoms with Crippen LogP contribution in [-0.2, 0) is 4.79 Å². The number of rotatable bonds is 7. The van der Waals surface area contributed by atoms with Crippen LogP contribution in [0.4, 0.5) is 5.69 Å². The van der Waals surface area contributed by atoms with Gasteiger partial charge in [-0.25, -0.2) is 0 Å². The molecular formula is C18H16BrNO5. The quantitative estimate of drug-likeness (QED) is 0.563. The van der Waals surface area contributed by atoms with E-state index >= 15 is 0 Å². The predicted octanol–water partition coefficient (Wildman–Crippen LogP) is 3.49. The zero-order valence-corrected chi connectivity index (χ0v) is 15.3. The number of hydrogen-bond donors (Lipinski definition) is 1. The number of methoxy groups -OCH3 is 1. The van der Waals surface area contributed by atoms with Crippen LogP contribution < -0.4 is 14.8 Å². The first kappa shape index (κ1) is 18.7. The standard InChI is InChI=1S/C18H16BrNO5/c1-11(22)13-5-3-4-6-15(13)20-18(23)10-25-17-7-12(9-21)14(19)8-16(17)24-2/h3-9H,10H2,1-2H3,(H,20,23). The highest BCUT2D eigenvalue weighted by molar-refractivity contribution is 9.10. The molecule has 0 aliphatic heterocycles. The van der Waals surface area contributed by atoms with Gasteiger partial charge in [-0.3, -0.25) is 14.4 Å². The Labute approximate surface area is 153 Å². The van der Waals surface area contributed by atoms with Gasteiger partial charge in [-0.05, 0) is 47.1 Å². The topological polar surface area (TPSA) is 81.7 Å².